The van der Waals surface area contributed by atoms with E-state index in [9.17, 15) is 5.11 Å². The molecule has 1 fully saturated rings. The summed E-state index contributed by atoms with van der Waals surface area (Å²) < 4.78 is 0. The third kappa shape index (κ3) is 2.64. The van der Waals surface area contributed by atoms with E-state index in [4.69, 9.17) is 0 Å². The molecule has 0 aromatic heterocycles. The second-order valence-corrected chi connectivity index (χ2v) is 6.99. The predicted octanol–water partition coefficient (Wildman–Crippen LogP) is 3.89. The Hall–Kier alpha value is -1.02. The van der Waals surface area contributed by atoms with Crippen LogP contribution in [0.3, 0.4) is 0 Å². The third-order valence-corrected chi connectivity index (χ3v) is 4.99. The van der Waals surface area contributed by atoms with Gasteiger partial charge in [-0.25, -0.2) is 0 Å². The molecule has 2 heteroatoms. The van der Waals surface area contributed by atoms with E-state index in [-0.39, 0.29) is 0 Å². The number of likely N-dealkylation sites (tertiary alicyclic amines) is 1. The number of hydrogen-bond acceptors (Lipinski definition) is 2. The van der Waals surface area contributed by atoms with E-state index in [1.807, 2.05) is 12.1 Å². The summed E-state index contributed by atoms with van der Waals surface area (Å²) in [4.78, 5) is 2.68. The molecule has 0 amide bonds. The summed E-state index contributed by atoms with van der Waals surface area (Å²) in [6.07, 6.45) is 6.31. The van der Waals surface area contributed by atoms with Gasteiger partial charge in [0.05, 0.1) is 0 Å². The molecule has 1 heterocycles. The number of nitrogens with zero attached hydrogens (tertiary/aromatic N) is 1. The first-order chi connectivity index (χ1) is 9.05. The van der Waals surface area contributed by atoms with Crippen molar-refractivity contribution >= 4 is 0 Å². The summed E-state index contributed by atoms with van der Waals surface area (Å²) in [5.74, 6) is 0.413. The molecule has 0 bridgehead atoms. The Labute approximate surface area is 116 Å². The highest BCUT2D eigenvalue weighted by Crippen LogP contribution is 2.40. The summed E-state index contributed by atoms with van der Waals surface area (Å²) >= 11 is 0. The zero-order valence-electron chi connectivity index (χ0n) is 12.2. The largest absolute Gasteiger partial charge is 0.508 e. The van der Waals surface area contributed by atoms with Crippen LogP contribution in [0.2, 0.25) is 0 Å². The van der Waals surface area contributed by atoms with Crippen molar-refractivity contribution in [2.24, 2.45) is 5.41 Å². The maximum Gasteiger partial charge on any atom is 0.115 e. The van der Waals surface area contributed by atoms with E-state index < -0.39 is 0 Å². The normalized spacial score (nSPS) is 26.9. The highest BCUT2D eigenvalue weighted by Gasteiger charge is 2.31. The molecule has 1 saturated heterocycles. The second-order valence-electron chi connectivity index (χ2n) is 6.99. The summed E-state index contributed by atoms with van der Waals surface area (Å²) in [7, 11) is 0. The second kappa shape index (κ2) is 4.82. The number of aromatic hydroxyl groups is 1. The van der Waals surface area contributed by atoms with Crippen LogP contribution in [0.4, 0.5) is 0 Å². The molecule has 1 atom stereocenters. The van der Waals surface area contributed by atoms with Gasteiger partial charge in [0, 0.05) is 6.04 Å². The lowest BCUT2D eigenvalue weighted by atomic mass is 9.85. The van der Waals surface area contributed by atoms with Gasteiger partial charge in [-0.05, 0) is 73.9 Å². The van der Waals surface area contributed by atoms with Gasteiger partial charge in [0.2, 0.25) is 0 Å². The van der Waals surface area contributed by atoms with E-state index in [0.29, 0.717) is 17.2 Å². The fourth-order valence-corrected chi connectivity index (χ4v) is 3.72. The zero-order chi connectivity index (χ0) is 13.5. The van der Waals surface area contributed by atoms with Crippen molar-refractivity contribution in [3.05, 3.63) is 29.3 Å². The number of fused-ring (bicyclic) bond motifs is 1. The van der Waals surface area contributed by atoms with E-state index in [2.05, 4.69) is 24.8 Å². The van der Waals surface area contributed by atoms with Crippen molar-refractivity contribution in [1.82, 2.24) is 4.90 Å². The van der Waals surface area contributed by atoms with Gasteiger partial charge in [-0.3, -0.25) is 4.90 Å². The Morgan fingerprint density at radius 2 is 2.05 bits per heavy atom. The number of rotatable bonds is 1. The molecule has 1 aliphatic heterocycles. The average Bonchev–Trinajstić information content (AvgIpc) is 2.67. The van der Waals surface area contributed by atoms with Gasteiger partial charge in [-0.1, -0.05) is 19.9 Å². The van der Waals surface area contributed by atoms with Crippen molar-refractivity contribution in [1.29, 1.82) is 0 Å². The van der Waals surface area contributed by atoms with Crippen molar-refractivity contribution in [3.63, 3.8) is 0 Å². The molecule has 1 aliphatic carbocycles. The van der Waals surface area contributed by atoms with E-state index in [0.717, 1.165) is 6.42 Å². The first-order valence-corrected chi connectivity index (χ1v) is 7.61. The smallest absolute Gasteiger partial charge is 0.115 e. The first-order valence-electron chi connectivity index (χ1n) is 7.61. The number of aryl methyl sites for hydroxylation is 1. The van der Waals surface area contributed by atoms with Gasteiger partial charge in [0.25, 0.3) is 0 Å². The van der Waals surface area contributed by atoms with Crippen LogP contribution in [0.25, 0.3) is 0 Å². The minimum Gasteiger partial charge on any atom is -0.508 e. The van der Waals surface area contributed by atoms with Crippen LogP contribution in [0, 0.1) is 5.41 Å². The molecule has 2 nitrogen and oxygen atoms in total. The molecule has 19 heavy (non-hydrogen) atoms. The van der Waals surface area contributed by atoms with Crippen LogP contribution in [0.15, 0.2) is 18.2 Å². The van der Waals surface area contributed by atoms with E-state index in [1.54, 1.807) is 0 Å². The highest BCUT2D eigenvalue weighted by molar-refractivity contribution is 5.40. The quantitative estimate of drug-likeness (QED) is 0.827. The molecule has 1 aromatic carbocycles. The van der Waals surface area contributed by atoms with Crippen LogP contribution >= 0.6 is 0 Å². The molecule has 0 spiro atoms. The van der Waals surface area contributed by atoms with Crippen LogP contribution < -0.4 is 0 Å². The Bertz CT molecular complexity index is 466. The average molecular weight is 259 g/mol. The van der Waals surface area contributed by atoms with Crippen LogP contribution in [-0.4, -0.2) is 23.1 Å². The number of phenols is 1. The minimum absolute atomic E-state index is 0.413. The number of hydrogen-bond donors (Lipinski definition) is 1. The molecule has 1 aromatic rings. The molecule has 3 rings (SSSR count). The molecule has 0 radical (unpaired) electrons. The van der Waals surface area contributed by atoms with Gasteiger partial charge in [-0.15, -0.1) is 0 Å². The molecule has 2 aliphatic rings. The minimum atomic E-state index is 0.413. The molecule has 1 unspecified atom stereocenters. The Morgan fingerprint density at radius 1 is 1.21 bits per heavy atom. The summed E-state index contributed by atoms with van der Waals surface area (Å²) in [6.45, 7) is 7.25. The van der Waals surface area contributed by atoms with Crippen LogP contribution in [-0.2, 0) is 6.42 Å². The Kier molecular flexibility index (Phi) is 3.30. The Balaban J connectivity index is 1.78. The fourth-order valence-electron chi connectivity index (χ4n) is 3.72. The van der Waals surface area contributed by atoms with Crippen LogP contribution in [0.1, 0.15) is 56.7 Å². The van der Waals surface area contributed by atoms with Crippen molar-refractivity contribution in [2.75, 3.05) is 13.1 Å². The van der Waals surface area contributed by atoms with Gasteiger partial charge < -0.3 is 5.11 Å². The van der Waals surface area contributed by atoms with Crippen molar-refractivity contribution in [2.45, 2.75) is 52.0 Å². The van der Waals surface area contributed by atoms with Gasteiger partial charge in [0.1, 0.15) is 5.75 Å². The van der Waals surface area contributed by atoms with Crippen molar-refractivity contribution < 1.29 is 5.11 Å². The monoisotopic (exact) mass is 259 g/mol. The fraction of sp³-hybridized carbons (Fsp3) is 0.647. The lowest BCUT2D eigenvalue weighted by Gasteiger charge is -2.29. The SMILES string of the molecule is CC1(C)CCCN(C2CCc3cc(O)ccc32)CC1. The summed E-state index contributed by atoms with van der Waals surface area (Å²) in [5.41, 5.74) is 3.32. The molecule has 104 valence electrons. The summed E-state index contributed by atoms with van der Waals surface area (Å²) in [6, 6.07) is 6.53. The number of phenolic OH excluding ortho intramolecular Hbond substituents is 1. The zero-order valence-corrected chi connectivity index (χ0v) is 12.2. The maximum absolute atomic E-state index is 9.59. The maximum atomic E-state index is 9.59. The van der Waals surface area contributed by atoms with Crippen LogP contribution in [0.5, 0.6) is 5.75 Å². The molecular weight excluding hydrogens is 234 g/mol. The molecular formula is C17H25NO. The third-order valence-electron chi connectivity index (χ3n) is 4.99. The Morgan fingerprint density at radius 3 is 2.89 bits per heavy atom. The lowest BCUT2D eigenvalue weighted by molar-refractivity contribution is 0.195. The molecule has 0 saturated carbocycles. The van der Waals surface area contributed by atoms with Crippen molar-refractivity contribution in [3.8, 4) is 5.75 Å². The van der Waals surface area contributed by atoms with Gasteiger partial charge >= 0.3 is 0 Å². The van der Waals surface area contributed by atoms with Gasteiger partial charge in [-0.2, -0.15) is 0 Å². The first kappa shape index (κ1) is 13.0. The van der Waals surface area contributed by atoms with E-state index >= 15 is 0 Å². The topological polar surface area (TPSA) is 23.5 Å². The van der Waals surface area contributed by atoms with E-state index in [1.165, 1.54) is 49.9 Å². The molecule has 1 N–H and O–H groups in total. The standard InChI is InChI=1S/C17H25NO/c1-17(2)8-3-10-18(11-9-17)16-7-4-13-12-14(19)5-6-15(13)16/h5-6,12,16,19H,3-4,7-11H2,1-2H3. The highest BCUT2D eigenvalue weighted by atomic mass is 16.3. The summed E-state index contributed by atoms with van der Waals surface area (Å²) in [5, 5.41) is 9.59. The lowest BCUT2D eigenvalue weighted by Crippen LogP contribution is -2.29. The number of benzene rings is 1. The predicted molar refractivity (Wildman–Crippen MR) is 78.4 cm³/mol. The van der Waals surface area contributed by atoms with Gasteiger partial charge in [0.15, 0.2) is 0 Å².